The summed E-state index contributed by atoms with van der Waals surface area (Å²) in [5, 5.41) is 0.506. The molecule has 3 aromatic carbocycles. The second-order valence-electron chi connectivity index (χ2n) is 5.89. The Morgan fingerprint density at radius 3 is 2.44 bits per heavy atom. The molecule has 0 fully saturated rings. The molecule has 3 aromatic rings. The van der Waals surface area contributed by atoms with Crippen molar-refractivity contribution >= 4 is 24.0 Å². The normalized spacial score (nSPS) is 11.4. The minimum absolute atomic E-state index is 0. The van der Waals surface area contributed by atoms with Crippen LogP contribution < -0.4 is 15.2 Å². The van der Waals surface area contributed by atoms with Crippen LogP contribution in [0.15, 0.2) is 72.8 Å². The highest BCUT2D eigenvalue weighted by atomic mass is 35.5. The number of para-hydroxylation sites is 1. The summed E-state index contributed by atoms with van der Waals surface area (Å²) in [4.78, 5) is 0. The van der Waals surface area contributed by atoms with Crippen LogP contribution in [0.5, 0.6) is 17.2 Å². The highest BCUT2D eigenvalue weighted by molar-refractivity contribution is 6.30. The summed E-state index contributed by atoms with van der Waals surface area (Å²) in [5.41, 5.74) is 7.26. The fourth-order valence-corrected chi connectivity index (χ4v) is 2.70. The minimum Gasteiger partial charge on any atom is -0.488 e. The van der Waals surface area contributed by atoms with Crippen molar-refractivity contribution in [1.82, 2.24) is 0 Å². The van der Waals surface area contributed by atoms with Crippen molar-refractivity contribution in [3.05, 3.63) is 89.2 Å². The molecule has 0 aromatic heterocycles. The largest absolute Gasteiger partial charge is 0.488 e. The first-order valence-electron chi connectivity index (χ1n) is 8.26. The van der Waals surface area contributed by atoms with Gasteiger partial charge in [0.15, 0.2) is 11.6 Å². The predicted octanol–water partition coefficient (Wildman–Crippen LogP) is 5.64. The first-order valence-corrected chi connectivity index (χ1v) is 8.64. The molecule has 0 aliphatic heterocycles. The molecule has 3 rings (SSSR count). The van der Waals surface area contributed by atoms with Gasteiger partial charge in [0.25, 0.3) is 0 Å². The van der Waals surface area contributed by atoms with Gasteiger partial charge in [-0.2, -0.15) is 0 Å². The van der Waals surface area contributed by atoms with Crippen molar-refractivity contribution in [2.45, 2.75) is 12.5 Å². The van der Waals surface area contributed by atoms with Crippen molar-refractivity contribution in [1.29, 1.82) is 0 Å². The van der Waals surface area contributed by atoms with Gasteiger partial charge in [0.05, 0.1) is 0 Å². The average Bonchev–Trinajstić information content (AvgIpc) is 2.63. The molecule has 142 valence electrons. The van der Waals surface area contributed by atoms with E-state index in [4.69, 9.17) is 26.8 Å². The molecule has 2 N–H and O–H groups in total. The highest BCUT2D eigenvalue weighted by Crippen LogP contribution is 2.35. The number of halogens is 3. The molecule has 0 radical (unpaired) electrons. The SMILES string of the molecule is Cl.N[C@H](COc1cccc(F)c1Oc1cccc(Cl)c1)Cc1ccccc1. The molecule has 0 aliphatic carbocycles. The van der Waals surface area contributed by atoms with Crippen LogP contribution >= 0.6 is 24.0 Å². The third-order valence-electron chi connectivity index (χ3n) is 3.74. The standard InChI is InChI=1S/C21H19ClFNO2.ClH/c22-16-8-4-9-18(13-16)26-21-19(23)10-5-11-20(21)25-14-17(24)12-15-6-2-1-3-7-15;/h1-11,13,17H,12,14,24H2;1H/t17-;/m0./s1. The van der Waals surface area contributed by atoms with E-state index in [2.05, 4.69) is 0 Å². The zero-order chi connectivity index (χ0) is 18.4. The van der Waals surface area contributed by atoms with Crippen LogP contribution in [0, 0.1) is 5.82 Å². The maximum atomic E-state index is 14.2. The summed E-state index contributed by atoms with van der Waals surface area (Å²) < 4.78 is 25.6. The van der Waals surface area contributed by atoms with Crippen LogP contribution in [0.3, 0.4) is 0 Å². The van der Waals surface area contributed by atoms with Gasteiger partial charge in [0, 0.05) is 11.1 Å². The fraction of sp³-hybridized carbons (Fsp3) is 0.143. The van der Waals surface area contributed by atoms with E-state index >= 15 is 0 Å². The third kappa shape index (κ3) is 6.14. The Labute approximate surface area is 169 Å². The molecule has 0 saturated carbocycles. The Balaban J connectivity index is 0.00000261. The maximum Gasteiger partial charge on any atom is 0.204 e. The predicted molar refractivity (Wildman–Crippen MR) is 109 cm³/mol. The Kier molecular flexibility index (Phi) is 7.92. The number of benzene rings is 3. The molecular formula is C21H20Cl2FNO2. The van der Waals surface area contributed by atoms with E-state index in [0.717, 1.165) is 5.56 Å². The van der Waals surface area contributed by atoms with Gasteiger partial charge in [0.1, 0.15) is 12.4 Å². The van der Waals surface area contributed by atoms with Crippen LogP contribution in [0.1, 0.15) is 5.56 Å². The molecule has 1 atom stereocenters. The summed E-state index contributed by atoms with van der Waals surface area (Å²) in [5.74, 6) is 0.232. The summed E-state index contributed by atoms with van der Waals surface area (Å²) in [6, 6.07) is 21.0. The van der Waals surface area contributed by atoms with Crippen molar-refractivity contribution in [2.24, 2.45) is 5.73 Å². The van der Waals surface area contributed by atoms with Crippen molar-refractivity contribution in [3.8, 4) is 17.2 Å². The molecule has 0 saturated heterocycles. The fourth-order valence-electron chi connectivity index (χ4n) is 2.52. The summed E-state index contributed by atoms with van der Waals surface area (Å²) >= 11 is 5.95. The van der Waals surface area contributed by atoms with Gasteiger partial charge in [-0.25, -0.2) is 4.39 Å². The molecule has 6 heteroatoms. The summed E-state index contributed by atoms with van der Waals surface area (Å²) in [7, 11) is 0. The molecule has 0 aliphatic rings. The summed E-state index contributed by atoms with van der Waals surface area (Å²) in [6.07, 6.45) is 0.667. The van der Waals surface area contributed by atoms with E-state index in [1.165, 1.54) is 6.07 Å². The zero-order valence-corrected chi connectivity index (χ0v) is 16.1. The molecule has 3 nitrogen and oxygen atoms in total. The van der Waals surface area contributed by atoms with E-state index in [1.54, 1.807) is 36.4 Å². The third-order valence-corrected chi connectivity index (χ3v) is 3.98. The monoisotopic (exact) mass is 407 g/mol. The second kappa shape index (κ2) is 10.2. The quantitative estimate of drug-likeness (QED) is 0.550. The molecule has 0 heterocycles. The van der Waals surface area contributed by atoms with Crippen LogP contribution in [0.2, 0.25) is 5.02 Å². The Hall–Kier alpha value is -2.27. The van der Waals surface area contributed by atoms with E-state index in [9.17, 15) is 4.39 Å². The molecule has 0 spiro atoms. The molecular weight excluding hydrogens is 388 g/mol. The van der Waals surface area contributed by atoms with Gasteiger partial charge in [-0.3, -0.25) is 0 Å². The van der Waals surface area contributed by atoms with Crippen LogP contribution in [0.4, 0.5) is 4.39 Å². The number of hydrogen-bond acceptors (Lipinski definition) is 3. The van der Waals surface area contributed by atoms with Crippen LogP contribution in [-0.4, -0.2) is 12.6 Å². The van der Waals surface area contributed by atoms with Gasteiger partial charge in [-0.05, 0) is 42.3 Å². The van der Waals surface area contributed by atoms with E-state index in [1.807, 2.05) is 30.3 Å². The van der Waals surface area contributed by atoms with Crippen molar-refractivity contribution in [2.75, 3.05) is 6.61 Å². The minimum atomic E-state index is -0.515. The first-order chi connectivity index (χ1) is 12.6. The molecule has 27 heavy (non-hydrogen) atoms. The van der Waals surface area contributed by atoms with Gasteiger partial charge in [0.2, 0.25) is 5.75 Å². The molecule has 0 unspecified atom stereocenters. The maximum absolute atomic E-state index is 14.2. The number of nitrogens with two attached hydrogens (primary N) is 1. The smallest absolute Gasteiger partial charge is 0.204 e. The average molecular weight is 408 g/mol. The topological polar surface area (TPSA) is 44.5 Å². The Bertz CT molecular complexity index is 862. The lowest BCUT2D eigenvalue weighted by atomic mass is 10.1. The second-order valence-corrected chi connectivity index (χ2v) is 6.32. The van der Waals surface area contributed by atoms with E-state index in [0.29, 0.717) is 22.9 Å². The van der Waals surface area contributed by atoms with Crippen LogP contribution in [-0.2, 0) is 6.42 Å². The Morgan fingerprint density at radius 1 is 0.963 bits per heavy atom. The Morgan fingerprint density at radius 2 is 1.70 bits per heavy atom. The van der Waals surface area contributed by atoms with Gasteiger partial charge in [-0.1, -0.05) is 54.1 Å². The number of ether oxygens (including phenoxy) is 2. The van der Waals surface area contributed by atoms with E-state index < -0.39 is 5.82 Å². The van der Waals surface area contributed by atoms with Crippen molar-refractivity contribution < 1.29 is 13.9 Å². The van der Waals surface area contributed by atoms with Crippen molar-refractivity contribution in [3.63, 3.8) is 0 Å². The van der Waals surface area contributed by atoms with Gasteiger partial charge >= 0.3 is 0 Å². The number of hydrogen-bond donors (Lipinski definition) is 1. The number of rotatable bonds is 7. The van der Waals surface area contributed by atoms with Gasteiger partial charge in [-0.15, -0.1) is 12.4 Å². The van der Waals surface area contributed by atoms with E-state index in [-0.39, 0.29) is 30.8 Å². The lowest BCUT2D eigenvalue weighted by Crippen LogP contribution is -2.30. The van der Waals surface area contributed by atoms with Gasteiger partial charge < -0.3 is 15.2 Å². The molecule has 0 amide bonds. The first kappa shape index (κ1) is 21.0. The highest BCUT2D eigenvalue weighted by Gasteiger charge is 2.14. The zero-order valence-electron chi connectivity index (χ0n) is 14.5. The van der Waals surface area contributed by atoms with Crippen LogP contribution in [0.25, 0.3) is 0 Å². The summed E-state index contributed by atoms with van der Waals surface area (Å²) in [6.45, 7) is 0.240. The molecule has 0 bridgehead atoms. The lowest BCUT2D eigenvalue weighted by molar-refractivity contribution is 0.272. The lowest BCUT2D eigenvalue weighted by Gasteiger charge is -2.16.